The van der Waals surface area contributed by atoms with Crippen LogP contribution in [0, 0.1) is 5.82 Å². The fraction of sp³-hybridized carbons (Fsp3) is 0.353. The summed E-state index contributed by atoms with van der Waals surface area (Å²) in [5, 5.41) is 2.92. The van der Waals surface area contributed by atoms with Crippen molar-refractivity contribution in [1.82, 2.24) is 14.9 Å². The van der Waals surface area contributed by atoms with Gasteiger partial charge < -0.3 is 10.2 Å². The molecule has 0 spiro atoms. The highest BCUT2D eigenvalue weighted by atomic mass is 35.5. The molecular weight excluding hydrogens is 345 g/mol. The van der Waals surface area contributed by atoms with Crippen molar-refractivity contribution < 1.29 is 9.18 Å². The number of hydrogen-bond acceptors (Lipinski definition) is 5. The van der Waals surface area contributed by atoms with Crippen molar-refractivity contribution >= 4 is 29.1 Å². The van der Waals surface area contributed by atoms with Crippen LogP contribution in [0.3, 0.4) is 0 Å². The predicted octanol–water partition coefficient (Wildman–Crippen LogP) is 2.42. The zero-order chi connectivity index (χ0) is 17.8. The quantitative estimate of drug-likeness (QED) is 0.904. The Labute approximate surface area is 150 Å². The molecule has 1 aliphatic rings. The molecule has 0 bridgehead atoms. The normalized spacial score (nSPS) is 16.5. The first-order valence-corrected chi connectivity index (χ1v) is 8.44. The SMILES string of the molecule is C[C@H](C(=O)Nc1ccc(Cl)cc1F)N1CCN(c2ncccn2)CC1. The van der Waals surface area contributed by atoms with E-state index in [2.05, 4.69) is 25.1 Å². The highest BCUT2D eigenvalue weighted by Crippen LogP contribution is 2.20. The van der Waals surface area contributed by atoms with Crippen molar-refractivity contribution in [3.8, 4) is 0 Å². The minimum atomic E-state index is -0.543. The van der Waals surface area contributed by atoms with Gasteiger partial charge in [-0.25, -0.2) is 14.4 Å². The molecule has 1 N–H and O–H groups in total. The first-order valence-electron chi connectivity index (χ1n) is 8.06. The van der Waals surface area contributed by atoms with Gasteiger partial charge in [0.1, 0.15) is 5.82 Å². The minimum absolute atomic E-state index is 0.137. The maximum Gasteiger partial charge on any atom is 0.241 e. The van der Waals surface area contributed by atoms with Crippen LogP contribution in [-0.4, -0.2) is 53.0 Å². The number of piperazine rings is 1. The molecule has 1 atom stereocenters. The number of anilines is 2. The summed E-state index contributed by atoms with van der Waals surface area (Å²) >= 11 is 5.73. The molecule has 2 heterocycles. The number of hydrogen-bond donors (Lipinski definition) is 1. The summed E-state index contributed by atoms with van der Waals surface area (Å²) in [7, 11) is 0. The van der Waals surface area contributed by atoms with Gasteiger partial charge in [-0.05, 0) is 31.2 Å². The summed E-state index contributed by atoms with van der Waals surface area (Å²) in [6.45, 7) is 4.69. The van der Waals surface area contributed by atoms with E-state index in [1.54, 1.807) is 24.5 Å². The van der Waals surface area contributed by atoms with Gasteiger partial charge in [0.05, 0.1) is 11.7 Å². The standard InChI is InChI=1S/C17H19ClFN5O/c1-12(16(25)22-15-4-3-13(18)11-14(15)19)23-7-9-24(10-8-23)17-20-5-2-6-21-17/h2-6,11-12H,7-10H2,1H3,(H,22,25)/t12-/m1/s1. The first-order chi connectivity index (χ1) is 12.0. The summed E-state index contributed by atoms with van der Waals surface area (Å²) in [5.74, 6) is -0.0905. The molecule has 1 amide bonds. The lowest BCUT2D eigenvalue weighted by atomic mass is 10.2. The molecule has 8 heteroatoms. The van der Waals surface area contributed by atoms with Gasteiger partial charge in [0.25, 0.3) is 0 Å². The Morgan fingerprint density at radius 3 is 2.56 bits per heavy atom. The van der Waals surface area contributed by atoms with Crippen LogP contribution in [0.2, 0.25) is 5.02 Å². The van der Waals surface area contributed by atoms with Crippen LogP contribution in [0.4, 0.5) is 16.0 Å². The average Bonchev–Trinajstić information content (AvgIpc) is 2.64. The van der Waals surface area contributed by atoms with E-state index in [4.69, 9.17) is 11.6 Å². The van der Waals surface area contributed by atoms with Crippen molar-refractivity contribution in [2.24, 2.45) is 0 Å². The van der Waals surface area contributed by atoms with Crippen LogP contribution in [0.15, 0.2) is 36.7 Å². The second-order valence-electron chi connectivity index (χ2n) is 5.86. The van der Waals surface area contributed by atoms with E-state index < -0.39 is 5.82 Å². The second-order valence-corrected chi connectivity index (χ2v) is 6.30. The molecule has 1 aliphatic heterocycles. The maximum atomic E-state index is 13.8. The van der Waals surface area contributed by atoms with Crippen molar-refractivity contribution in [2.45, 2.75) is 13.0 Å². The van der Waals surface area contributed by atoms with Gasteiger partial charge in [-0.2, -0.15) is 0 Å². The summed E-state index contributed by atoms with van der Waals surface area (Å²) in [4.78, 5) is 25.0. The van der Waals surface area contributed by atoms with Crippen molar-refractivity contribution in [2.75, 3.05) is 36.4 Å². The number of carbonyl (C=O) groups is 1. The van der Waals surface area contributed by atoms with Gasteiger partial charge in [-0.15, -0.1) is 0 Å². The van der Waals surface area contributed by atoms with E-state index >= 15 is 0 Å². The molecule has 25 heavy (non-hydrogen) atoms. The van der Waals surface area contributed by atoms with E-state index in [-0.39, 0.29) is 17.6 Å². The van der Waals surface area contributed by atoms with Gasteiger partial charge >= 0.3 is 0 Å². The summed E-state index contributed by atoms with van der Waals surface area (Å²) in [6, 6.07) is 5.60. The van der Waals surface area contributed by atoms with Gasteiger partial charge in [0.2, 0.25) is 11.9 Å². The van der Waals surface area contributed by atoms with Crippen LogP contribution in [0.1, 0.15) is 6.92 Å². The minimum Gasteiger partial charge on any atom is -0.338 e. The van der Waals surface area contributed by atoms with E-state index in [0.717, 1.165) is 13.1 Å². The first kappa shape index (κ1) is 17.6. The lowest BCUT2D eigenvalue weighted by molar-refractivity contribution is -0.120. The predicted molar refractivity (Wildman–Crippen MR) is 95.3 cm³/mol. The fourth-order valence-corrected chi connectivity index (χ4v) is 2.92. The average molecular weight is 364 g/mol. The summed E-state index contributed by atoms with van der Waals surface area (Å²) < 4.78 is 13.8. The van der Waals surface area contributed by atoms with Crippen molar-refractivity contribution in [1.29, 1.82) is 0 Å². The Morgan fingerprint density at radius 1 is 1.24 bits per heavy atom. The lowest BCUT2D eigenvalue weighted by Crippen LogP contribution is -2.53. The Bertz CT molecular complexity index is 737. The Morgan fingerprint density at radius 2 is 1.92 bits per heavy atom. The lowest BCUT2D eigenvalue weighted by Gasteiger charge is -2.37. The van der Waals surface area contributed by atoms with Crippen LogP contribution in [0.5, 0.6) is 0 Å². The largest absolute Gasteiger partial charge is 0.338 e. The van der Waals surface area contributed by atoms with Crippen molar-refractivity contribution in [3.05, 3.63) is 47.5 Å². The molecule has 1 aromatic heterocycles. The van der Waals surface area contributed by atoms with E-state index in [1.165, 1.54) is 12.1 Å². The van der Waals surface area contributed by atoms with E-state index in [9.17, 15) is 9.18 Å². The van der Waals surface area contributed by atoms with Crippen LogP contribution < -0.4 is 10.2 Å². The molecule has 0 unspecified atom stereocenters. The molecule has 0 saturated carbocycles. The van der Waals surface area contributed by atoms with Crippen LogP contribution in [0.25, 0.3) is 0 Å². The molecule has 0 aliphatic carbocycles. The third-order valence-corrected chi connectivity index (χ3v) is 4.50. The Hall–Kier alpha value is -2.25. The fourth-order valence-electron chi connectivity index (χ4n) is 2.76. The maximum absolute atomic E-state index is 13.8. The third kappa shape index (κ3) is 4.24. The number of halogens is 2. The van der Waals surface area contributed by atoms with Gasteiger partial charge in [-0.3, -0.25) is 9.69 Å². The van der Waals surface area contributed by atoms with E-state index in [1.807, 2.05) is 6.92 Å². The number of amides is 1. The highest BCUT2D eigenvalue weighted by Gasteiger charge is 2.26. The topological polar surface area (TPSA) is 61.4 Å². The van der Waals surface area contributed by atoms with E-state index in [0.29, 0.717) is 24.1 Å². The number of rotatable bonds is 4. The third-order valence-electron chi connectivity index (χ3n) is 4.27. The molecular formula is C17H19ClFN5O. The van der Waals surface area contributed by atoms with Crippen LogP contribution in [-0.2, 0) is 4.79 Å². The molecule has 132 valence electrons. The molecule has 6 nitrogen and oxygen atoms in total. The molecule has 1 saturated heterocycles. The Kier molecular flexibility index (Phi) is 5.45. The summed E-state index contributed by atoms with van der Waals surface area (Å²) in [5.41, 5.74) is 0.137. The number of benzene rings is 1. The molecule has 3 rings (SSSR count). The molecule has 1 fully saturated rings. The molecule has 1 aromatic carbocycles. The Balaban J connectivity index is 1.56. The highest BCUT2D eigenvalue weighted by molar-refractivity contribution is 6.30. The van der Waals surface area contributed by atoms with Crippen molar-refractivity contribution in [3.63, 3.8) is 0 Å². The zero-order valence-corrected chi connectivity index (χ0v) is 14.6. The molecule has 0 radical (unpaired) electrons. The van der Waals surface area contributed by atoms with Crippen LogP contribution >= 0.6 is 11.6 Å². The number of aromatic nitrogens is 2. The van der Waals surface area contributed by atoms with Gasteiger partial charge in [0, 0.05) is 43.6 Å². The number of nitrogens with zero attached hydrogens (tertiary/aromatic N) is 4. The number of carbonyl (C=O) groups excluding carboxylic acids is 1. The van der Waals surface area contributed by atoms with Gasteiger partial charge in [-0.1, -0.05) is 11.6 Å². The number of nitrogens with one attached hydrogen (secondary N) is 1. The second kappa shape index (κ2) is 7.76. The van der Waals surface area contributed by atoms with Gasteiger partial charge in [0.15, 0.2) is 0 Å². The zero-order valence-electron chi connectivity index (χ0n) is 13.8. The summed E-state index contributed by atoms with van der Waals surface area (Å²) in [6.07, 6.45) is 3.43. The monoisotopic (exact) mass is 363 g/mol. The smallest absolute Gasteiger partial charge is 0.241 e. The molecule has 2 aromatic rings.